The van der Waals surface area contributed by atoms with Gasteiger partial charge in [0.15, 0.2) is 5.65 Å². The molecule has 4 heterocycles. The number of halogens is 2. The Kier molecular flexibility index (Phi) is 9.28. The summed E-state index contributed by atoms with van der Waals surface area (Å²) in [6.07, 6.45) is 4.56. The molecule has 0 saturated carbocycles. The number of aromatic nitrogens is 3. The van der Waals surface area contributed by atoms with E-state index < -0.39 is 11.8 Å². The van der Waals surface area contributed by atoms with E-state index in [9.17, 15) is 0 Å². The van der Waals surface area contributed by atoms with Crippen molar-refractivity contribution in [2.45, 2.75) is 90.3 Å². The molecule has 5 rings (SSSR count). The molecule has 2 saturated heterocycles. The molecule has 2 aromatic heterocycles. The number of pyridine rings is 1. The summed E-state index contributed by atoms with van der Waals surface area (Å²) in [5.74, 6) is -1.94. The first-order valence-electron chi connectivity index (χ1n) is 15.5. The summed E-state index contributed by atoms with van der Waals surface area (Å²) in [6.45, 7) is 14.2. The van der Waals surface area contributed by atoms with Crippen molar-refractivity contribution in [3.05, 3.63) is 53.3 Å². The molecular weight excluding hydrogens is 534 g/mol. The molecule has 2 aliphatic rings. The lowest BCUT2D eigenvalue weighted by atomic mass is 9.85. The quantitative estimate of drug-likeness (QED) is 0.292. The highest BCUT2D eigenvalue weighted by atomic mass is 19.3. The number of fused-ring (bicyclic) bond motifs is 1. The SMILES string of the molecule is COc1nc2ncnc(N[C@H](C)c3cccc(C(F)(F)C4CCN(C(C)C)CC4)c3)c2cc1C1CCN(C(C)C)CC1. The fourth-order valence-corrected chi connectivity index (χ4v) is 6.60. The topological polar surface area (TPSA) is 66.4 Å². The van der Waals surface area contributed by atoms with Crippen molar-refractivity contribution in [1.29, 1.82) is 0 Å². The van der Waals surface area contributed by atoms with E-state index in [4.69, 9.17) is 9.72 Å². The second kappa shape index (κ2) is 12.8. The molecular formula is C33H46F2N6O. The Morgan fingerprint density at radius 3 is 2.17 bits per heavy atom. The predicted octanol–water partition coefficient (Wildman–Crippen LogP) is 7.01. The van der Waals surface area contributed by atoms with Crippen LogP contribution >= 0.6 is 0 Å². The molecule has 1 aromatic carbocycles. The van der Waals surface area contributed by atoms with E-state index in [0.29, 0.717) is 61.3 Å². The first-order valence-corrected chi connectivity index (χ1v) is 15.5. The molecule has 0 radical (unpaired) electrons. The van der Waals surface area contributed by atoms with Gasteiger partial charge in [0.05, 0.1) is 12.5 Å². The minimum Gasteiger partial charge on any atom is -0.481 e. The largest absolute Gasteiger partial charge is 0.481 e. The van der Waals surface area contributed by atoms with Crippen molar-refractivity contribution in [3.8, 4) is 5.88 Å². The van der Waals surface area contributed by atoms with Crippen LogP contribution < -0.4 is 10.1 Å². The monoisotopic (exact) mass is 580 g/mol. The number of nitrogens with zero attached hydrogens (tertiary/aromatic N) is 5. The molecule has 228 valence electrons. The van der Waals surface area contributed by atoms with Crippen molar-refractivity contribution in [2.24, 2.45) is 5.92 Å². The minimum atomic E-state index is -2.87. The number of piperidine rings is 2. The highest BCUT2D eigenvalue weighted by Gasteiger charge is 2.43. The molecule has 3 aromatic rings. The van der Waals surface area contributed by atoms with Crippen LogP contribution in [0.5, 0.6) is 5.88 Å². The molecule has 42 heavy (non-hydrogen) atoms. The molecule has 0 spiro atoms. The van der Waals surface area contributed by atoms with Crippen LogP contribution in [0.2, 0.25) is 0 Å². The van der Waals surface area contributed by atoms with Crippen LogP contribution in [0.25, 0.3) is 11.0 Å². The van der Waals surface area contributed by atoms with E-state index >= 15 is 8.78 Å². The second-order valence-corrected chi connectivity index (χ2v) is 12.6. The van der Waals surface area contributed by atoms with E-state index in [1.165, 1.54) is 6.33 Å². The van der Waals surface area contributed by atoms with Gasteiger partial charge in [-0.1, -0.05) is 18.2 Å². The molecule has 1 N–H and O–H groups in total. The standard InChI is InChI=1S/C33H46F2N6O/c1-21(2)40-14-10-24(11-15-40)28-19-29-30(36-20-37-31(29)39-32(28)42-6)38-23(5)25-8-7-9-27(18-25)33(34,35)26-12-16-41(17-13-26)22(3)4/h7-9,18-24,26H,10-17H2,1-6H3,(H,36,37,38,39)/t23-/m1/s1. The molecule has 0 unspecified atom stereocenters. The number of likely N-dealkylation sites (tertiary alicyclic amines) is 2. The van der Waals surface area contributed by atoms with E-state index in [1.54, 1.807) is 25.3 Å². The maximum Gasteiger partial charge on any atom is 0.276 e. The second-order valence-electron chi connectivity index (χ2n) is 12.6. The number of ether oxygens (including phenoxy) is 1. The van der Waals surface area contributed by atoms with E-state index in [0.717, 1.165) is 42.4 Å². The number of nitrogens with one attached hydrogen (secondary N) is 1. The third kappa shape index (κ3) is 6.37. The molecule has 2 fully saturated rings. The smallest absolute Gasteiger partial charge is 0.276 e. The number of anilines is 1. The third-order valence-electron chi connectivity index (χ3n) is 9.41. The Bertz CT molecular complexity index is 1350. The van der Waals surface area contributed by atoms with Crippen molar-refractivity contribution in [2.75, 3.05) is 38.6 Å². The summed E-state index contributed by atoms with van der Waals surface area (Å²) in [6, 6.07) is 9.65. The van der Waals surface area contributed by atoms with Crippen LogP contribution in [-0.2, 0) is 5.92 Å². The number of rotatable bonds is 9. The first-order chi connectivity index (χ1) is 20.1. The highest BCUT2D eigenvalue weighted by molar-refractivity contribution is 5.87. The van der Waals surface area contributed by atoms with Crippen molar-refractivity contribution in [3.63, 3.8) is 0 Å². The summed E-state index contributed by atoms with van der Waals surface area (Å²) in [4.78, 5) is 18.5. The molecule has 0 bridgehead atoms. The fourth-order valence-electron chi connectivity index (χ4n) is 6.60. The number of hydrogen-bond acceptors (Lipinski definition) is 7. The van der Waals surface area contributed by atoms with Gasteiger partial charge in [-0.15, -0.1) is 0 Å². The summed E-state index contributed by atoms with van der Waals surface area (Å²) in [5, 5.41) is 4.29. The lowest BCUT2D eigenvalue weighted by Gasteiger charge is -2.38. The van der Waals surface area contributed by atoms with Crippen LogP contribution in [0, 0.1) is 5.92 Å². The van der Waals surface area contributed by atoms with Gasteiger partial charge < -0.3 is 19.9 Å². The summed E-state index contributed by atoms with van der Waals surface area (Å²) >= 11 is 0. The predicted molar refractivity (Wildman–Crippen MR) is 164 cm³/mol. The number of methoxy groups -OCH3 is 1. The zero-order valence-corrected chi connectivity index (χ0v) is 25.9. The maximum atomic E-state index is 15.7. The van der Waals surface area contributed by atoms with Gasteiger partial charge in [0, 0.05) is 35.2 Å². The van der Waals surface area contributed by atoms with Gasteiger partial charge in [-0.05, 0) is 110 Å². The lowest BCUT2D eigenvalue weighted by molar-refractivity contribution is -0.0876. The van der Waals surface area contributed by atoms with E-state index in [2.05, 4.69) is 58.8 Å². The van der Waals surface area contributed by atoms with Crippen LogP contribution in [0.3, 0.4) is 0 Å². The molecule has 9 heteroatoms. The Morgan fingerprint density at radius 1 is 0.905 bits per heavy atom. The van der Waals surface area contributed by atoms with Crippen molar-refractivity contribution < 1.29 is 13.5 Å². The minimum absolute atomic E-state index is 0.0885. The van der Waals surface area contributed by atoms with Crippen molar-refractivity contribution in [1.82, 2.24) is 24.8 Å². The summed E-state index contributed by atoms with van der Waals surface area (Å²) < 4.78 is 37.2. The Balaban J connectivity index is 1.36. The third-order valence-corrected chi connectivity index (χ3v) is 9.41. The zero-order valence-electron chi connectivity index (χ0n) is 25.9. The van der Waals surface area contributed by atoms with Crippen LogP contribution in [0.15, 0.2) is 36.7 Å². The summed E-state index contributed by atoms with van der Waals surface area (Å²) in [5.41, 5.74) is 2.50. The molecule has 2 aliphatic heterocycles. The summed E-state index contributed by atoms with van der Waals surface area (Å²) in [7, 11) is 1.65. The number of hydrogen-bond donors (Lipinski definition) is 1. The van der Waals surface area contributed by atoms with Gasteiger partial charge in [0.1, 0.15) is 12.1 Å². The Morgan fingerprint density at radius 2 is 1.55 bits per heavy atom. The van der Waals surface area contributed by atoms with Gasteiger partial charge in [0.2, 0.25) is 5.88 Å². The fraction of sp³-hybridized carbons (Fsp3) is 0.606. The van der Waals surface area contributed by atoms with Crippen LogP contribution in [0.4, 0.5) is 14.6 Å². The van der Waals surface area contributed by atoms with Gasteiger partial charge in [-0.2, -0.15) is 4.98 Å². The molecule has 7 nitrogen and oxygen atoms in total. The Hall–Kier alpha value is -2.91. The zero-order chi connectivity index (χ0) is 30.0. The van der Waals surface area contributed by atoms with E-state index in [-0.39, 0.29) is 11.6 Å². The lowest BCUT2D eigenvalue weighted by Crippen LogP contribution is -2.42. The van der Waals surface area contributed by atoms with Crippen molar-refractivity contribution >= 4 is 16.9 Å². The van der Waals surface area contributed by atoms with Gasteiger partial charge >= 0.3 is 0 Å². The van der Waals surface area contributed by atoms with Crippen LogP contribution in [-0.4, -0.2) is 70.1 Å². The first kappa shape index (κ1) is 30.5. The molecule has 1 atom stereocenters. The van der Waals surface area contributed by atoms with Gasteiger partial charge in [-0.3, -0.25) is 0 Å². The average molecular weight is 581 g/mol. The Labute approximate surface area is 249 Å². The molecule has 0 amide bonds. The van der Waals surface area contributed by atoms with Crippen LogP contribution in [0.1, 0.15) is 89.0 Å². The number of benzene rings is 1. The van der Waals surface area contributed by atoms with Gasteiger partial charge in [0.25, 0.3) is 5.92 Å². The highest BCUT2D eigenvalue weighted by Crippen LogP contribution is 2.43. The molecule has 0 aliphatic carbocycles. The maximum absolute atomic E-state index is 15.7. The average Bonchev–Trinajstić information content (AvgIpc) is 3.00. The van der Waals surface area contributed by atoms with E-state index in [1.807, 2.05) is 13.0 Å². The van der Waals surface area contributed by atoms with Gasteiger partial charge in [-0.25, -0.2) is 18.7 Å². The normalized spacial score (nSPS) is 19.1. The number of alkyl halides is 2.